The van der Waals surface area contributed by atoms with Crippen molar-refractivity contribution >= 4 is 44.9 Å². The van der Waals surface area contributed by atoms with E-state index in [1.807, 2.05) is 18.2 Å². The molecule has 4 heterocycles. The van der Waals surface area contributed by atoms with Crippen molar-refractivity contribution in [1.29, 1.82) is 0 Å². The van der Waals surface area contributed by atoms with Gasteiger partial charge in [-0.25, -0.2) is 0 Å². The molecule has 4 aromatic rings. The van der Waals surface area contributed by atoms with Gasteiger partial charge in [0.15, 0.2) is 5.78 Å². The predicted molar refractivity (Wildman–Crippen MR) is 147 cm³/mol. The molecule has 0 aliphatic carbocycles. The maximum absolute atomic E-state index is 12.4. The summed E-state index contributed by atoms with van der Waals surface area (Å²) in [6.07, 6.45) is 3.53. The minimum absolute atomic E-state index is 0.0982. The first-order chi connectivity index (χ1) is 18.5. The Morgan fingerprint density at radius 3 is 2.34 bits per heavy atom. The van der Waals surface area contributed by atoms with Crippen molar-refractivity contribution in [2.24, 2.45) is 0 Å². The van der Waals surface area contributed by atoms with Crippen molar-refractivity contribution in [2.45, 2.75) is 13.3 Å². The summed E-state index contributed by atoms with van der Waals surface area (Å²) in [4.78, 5) is 15.3. The fourth-order valence-corrected chi connectivity index (χ4v) is 4.87. The van der Waals surface area contributed by atoms with Gasteiger partial charge in [0.05, 0.1) is 54.7 Å². The summed E-state index contributed by atoms with van der Waals surface area (Å²) in [5.41, 5.74) is 2.02. The van der Waals surface area contributed by atoms with E-state index in [-0.39, 0.29) is 22.8 Å². The SMILES string of the molecule is C1COCCN1.CC(=O)c1c(Oc2c(CC(=S)N3CCOCC3)ccc3occc23)cc2occc2c1O. The van der Waals surface area contributed by atoms with Crippen LogP contribution >= 0.6 is 12.2 Å². The summed E-state index contributed by atoms with van der Waals surface area (Å²) >= 11 is 5.70. The third-order valence-electron chi connectivity index (χ3n) is 6.48. The fraction of sp³-hybridized carbons (Fsp3) is 0.357. The molecule has 0 amide bonds. The number of nitrogens with one attached hydrogen (secondary N) is 1. The molecule has 10 heteroatoms. The lowest BCUT2D eigenvalue weighted by molar-refractivity contribution is 0.0684. The lowest BCUT2D eigenvalue weighted by Gasteiger charge is -2.29. The van der Waals surface area contributed by atoms with E-state index in [1.165, 1.54) is 13.2 Å². The van der Waals surface area contributed by atoms with Crippen LogP contribution in [0, 0.1) is 0 Å². The molecule has 2 aromatic carbocycles. The number of phenolic OH excluding ortho intramolecular Hbond substituents is 1. The zero-order valence-corrected chi connectivity index (χ0v) is 22.0. The second-order valence-electron chi connectivity index (χ2n) is 9.01. The smallest absolute Gasteiger partial charge is 0.167 e. The number of ether oxygens (including phenoxy) is 3. The molecule has 2 fully saturated rings. The topological polar surface area (TPSA) is 107 Å². The lowest BCUT2D eigenvalue weighted by atomic mass is 10.0. The molecule has 0 radical (unpaired) electrons. The molecule has 0 saturated carbocycles. The highest BCUT2D eigenvalue weighted by atomic mass is 32.1. The van der Waals surface area contributed by atoms with Crippen molar-refractivity contribution in [3.05, 3.63) is 54.0 Å². The number of morpholine rings is 2. The average Bonchev–Trinajstić information content (AvgIpc) is 3.62. The molecule has 0 bridgehead atoms. The molecular formula is C28H30N2O7S. The number of furan rings is 2. The van der Waals surface area contributed by atoms with E-state index in [4.69, 9.17) is 35.3 Å². The van der Waals surface area contributed by atoms with E-state index in [0.717, 1.165) is 55.3 Å². The van der Waals surface area contributed by atoms with Gasteiger partial charge in [-0.3, -0.25) is 4.79 Å². The molecule has 2 aliphatic heterocycles. The molecule has 6 rings (SSSR count). The van der Waals surface area contributed by atoms with Crippen LogP contribution in [0.2, 0.25) is 0 Å². The number of hydrogen-bond acceptors (Lipinski definition) is 9. The van der Waals surface area contributed by atoms with Crippen LogP contribution in [0.15, 0.2) is 51.7 Å². The van der Waals surface area contributed by atoms with Gasteiger partial charge in [0.25, 0.3) is 0 Å². The van der Waals surface area contributed by atoms with Crippen LogP contribution in [0.25, 0.3) is 21.9 Å². The van der Waals surface area contributed by atoms with Crippen molar-refractivity contribution < 1.29 is 32.9 Å². The number of phenols is 1. The van der Waals surface area contributed by atoms with E-state index in [9.17, 15) is 9.90 Å². The van der Waals surface area contributed by atoms with Gasteiger partial charge in [-0.05, 0) is 25.1 Å². The van der Waals surface area contributed by atoms with Gasteiger partial charge in [-0.15, -0.1) is 0 Å². The largest absolute Gasteiger partial charge is 0.506 e. The molecule has 0 atom stereocenters. The standard InChI is InChI=1S/C24H21NO6S.C4H9NO/c1-14(26)22-20(13-19-16(23(22)27)4-8-30-19)31-24-15(2-3-18-17(24)5-9-29-18)12-21(32)25-6-10-28-11-7-25;1-3-6-4-2-5-1/h2-5,8-9,13,27H,6-7,10-12H2,1H3;5H,1-4H2. The minimum Gasteiger partial charge on any atom is -0.506 e. The average molecular weight is 539 g/mol. The van der Waals surface area contributed by atoms with E-state index >= 15 is 0 Å². The quantitative estimate of drug-likeness (QED) is 0.275. The summed E-state index contributed by atoms with van der Waals surface area (Å²) in [6, 6.07) is 8.83. The van der Waals surface area contributed by atoms with Crippen molar-refractivity contribution in [3.8, 4) is 17.2 Å². The summed E-state index contributed by atoms with van der Waals surface area (Å²) in [7, 11) is 0. The Kier molecular flexibility index (Phi) is 8.23. The molecule has 2 aliphatic rings. The molecule has 200 valence electrons. The maximum atomic E-state index is 12.4. The maximum Gasteiger partial charge on any atom is 0.167 e. The number of aromatic hydroxyl groups is 1. The van der Waals surface area contributed by atoms with Crippen LogP contribution < -0.4 is 10.1 Å². The minimum atomic E-state index is -0.314. The van der Waals surface area contributed by atoms with Gasteiger partial charge in [0.2, 0.25) is 0 Å². The molecule has 0 spiro atoms. The molecule has 9 nitrogen and oxygen atoms in total. The first-order valence-electron chi connectivity index (χ1n) is 12.6. The second-order valence-corrected chi connectivity index (χ2v) is 9.48. The zero-order valence-electron chi connectivity index (χ0n) is 21.2. The Hall–Kier alpha value is -3.44. The molecule has 2 N–H and O–H groups in total. The highest BCUT2D eigenvalue weighted by Crippen LogP contribution is 2.42. The number of hydrogen-bond donors (Lipinski definition) is 2. The summed E-state index contributed by atoms with van der Waals surface area (Å²) in [6.45, 7) is 8.02. The van der Waals surface area contributed by atoms with Crippen molar-refractivity contribution in [1.82, 2.24) is 10.2 Å². The Morgan fingerprint density at radius 1 is 1.00 bits per heavy atom. The zero-order chi connectivity index (χ0) is 26.5. The summed E-state index contributed by atoms with van der Waals surface area (Å²) in [5.74, 6) is 0.262. The van der Waals surface area contributed by atoms with Gasteiger partial charge in [-0.1, -0.05) is 18.3 Å². The van der Waals surface area contributed by atoms with Crippen molar-refractivity contribution in [2.75, 3.05) is 52.6 Å². The number of benzene rings is 2. The number of Topliss-reactive ketones (excluding diaryl/α,β-unsaturated/α-hetero) is 1. The summed E-state index contributed by atoms with van der Waals surface area (Å²) < 4.78 is 27.8. The number of carbonyl (C=O) groups is 1. The fourth-order valence-electron chi connectivity index (χ4n) is 4.53. The highest BCUT2D eigenvalue weighted by Gasteiger charge is 2.23. The van der Waals surface area contributed by atoms with Gasteiger partial charge < -0.3 is 38.4 Å². The molecule has 2 saturated heterocycles. The monoisotopic (exact) mass is 538 g/mol. The Labute approximate surface area is 225 Å². The highest BCUT2D eigenvalue weighted by molar-refractivity contribution is 7.80. The number of rotatable bonds is 5. The summed E-state index contributed by atoms with van der Waals surface area (Å²) in [5, 5.41) is 15.1. The second kappa shape index (κ2) is 12.0. The number of ketones is 1. The van der Waals surface area contributed by atoms with Crippen LogP contribution in [0.4, 0.5) is 0 Å². The number of nitrogens with zero attached hydrogens (tertiary/aromatic N) is 1. The van der Waals surface area contributed by atoms with E-state index in [1.54, 1.807) is 18.4 Å². The normalized spacial score (nSPS) is 15.8. The van der Waals surface area contributed by atoms with E-state index < -0.39 is 0 Å². The van der Waals surface area contributed by atoms with Crippen LogP contribution in [0.1, 0.15) is 22.8 Å². The van der Waals surface area contributed by atoms with E-state index in [2.05, 4.69) is 10.2 Å². The lowest BCUT2D eigenvalue weighted by Crippen LogP contribution is -2.40. The Balaban J connectivity index is 0.000000433. The predicted octanol–water partition coefficient (Wildman–Crippen LogP) is 4.69. The first kappa shape index (κ1) is 26.2. The third-order valence-corrected chi connectivity index (χ3v) is 6.88. The third kappa shape index (κ3) is 5.68. The van der Waals surface area contributed by atoms with Crippen LogP contribution in [0.5, 0.6) is 17.2 Å². The van der Waals surface area contributed by atoms with Gasteiger partial charge in [-0.2, -0.15) is 0 Å². The van der Waals surface area contributed by atoms with Crippen molar-refractivity contribution in [3.63, 3.8) is 0 Å². The molecule has 2 aromatic heterocycles. The van der Waals surface area contributed by atoms with Gasteiger partial charge in [0, 0.05) is 44.2 Å². The molecular weight excluding hydrogens is 508 g/mol. The molecule has 0 unspecified atom stereocenters. The van der Waals surface area contributed by atoms with Crippen LogP contribution in [-0.2, 0) is 15.9 Å². The Morgan fingerprint density at radius 2 is 1.68 bits per heavy atom. The number of fused-ring (bicyclic) bond motifs is 2. The van der Waals surface area contributed by atoms with E-state index in [0.29, 0.717) is 41.9 Å². The van der Waals surface area contributed by atoms with Crippen LogP contribution in [0.3, 0.4) is 0 Å². The first-order valence-corrected chi connectivity index (χ1v) is 13.0. The number of carbonyl (C=O) groups excluding carboxylic acids is 1. The van der Waals surface area contributed by atoms with Gasteiger partial charge in [0.1, 0.15) is 34.0 Å². The van der Waals surface area contributed by atoms with Gasteiger partial charge >= 0.3 is 0 Å². The number of thiocarbonyl (C=S) groups is 1. The molecule has 38 heavy (non-hydrogen) atoms. The Bertz CT molecular complexity index is 1420. The van der Waals surface area contributed by atoms with Crippen LogP contribution in [-0.4, -0.2) is 73.4 Å².